The van der Waals surface area contributed by atoms with Crippen LogP contribution in [0.1, 0.15) is 48.4 Å². The van der Waals surface area contributed by atoms with Crippen LogP contribution in [0.15, 0.2) is 41.3 Å². The van der Waals surface area contributed by atoms with E-state index < -0.39 is 18.3 Å². The molecule has 1 amide bonds. The van der Waals surface area contributed by atoms with Crippen LogP contribution in [0.5, 0.6) is 0 Å². The van der Waals surface area contributed by atoms with E-state index in [1.165, 1.54) is 6.33 Å². The lowest BCUT2D eigenvalue weighted by atomic mass is 9.97. The minimum Gasteiger partial charge on any atom is -0.364 e. The van der Waals surface area contributed by atoms with Gasteiger partial charge in [0.2, 0.25) is 5.89 Å². The molecule has 1 aromatic carbocycles. The fraction of sp³-hybridized carbons (Fsp3) is 0.400. The molecule has 4 heterocycles. The molecular weight excluding hydrogens is 468 g/mol. The summed E-state index contributed by atoms with van der Waals surface area (Å²) in [5, 5.41) is 10.9. The lowest BCUT2D eigenvalue weighted by molar-refractivity contribution is 0.0937. The maximum Gasteiger partial charge on any atom is 0.292 e. The number of nitrogens with one attached hydrogen (secondary N) is 1. The smallest absolute Gasteiger partial charge is 0.292 e. The number of halogens is 2. The monoisotopic (exact) mass is 495 g/mol. The van der Waals surface area contributed by atoms with Crippen LogP contribution in [0.3, 0.4) is 0 Å². The van der Waals surface area contributed by atoms with E-state index in [-0.39, 0.29) is 24.3 Å². The van der Waals surface area contributed by atoms with Crippen molar-refractivity contribution in [3.8, 4) is 11.3 Å². The molecule has 2 atom stereocenters. The standard InChI is InChI=1S/C25H27F2N7O2/c1-14-7-15(5-6-16(14)9-28-23(35)22-31-24(36-32-22)25(2,3)4)21-20-8-17(10-34(20)30-13-29-21)33-11-18(26)19(27)12-33/h5-8,10,13,18-19H,9,11-12H2,1-4H3,(H,28,35)/t18-,19+. The molecule has 1 aliphatic heterocycles. The summed E-state index contributed by atoms with van der Waals surface area (Å²) in [4.78, 5) is 22.8. The van der Waals surface area contributed by atoms with Crippen LogP contribution in [0.2, 0.25) is 0 Å². The Morgan fingerprint density at radius 1 is 1.19 bits per heavy atom. The minimum atomic E-state index is -1.49. The number of carbonyl (C=O) groups is 1. The minimum absolute atomic E-state index is 0.00206. The van der Waals surface area contributed by atoms with Crippen LogP contribution < -0.4 is 10.2 Å². The van der Waals surface area contributed by atoms with E-state index >= 15 is 0 Å². The normalized spacial score (nSPS) is 18.2. The molecule has 11 heteroatoms. The average Bonchev–Trinajstić information content (AvgIpc) is 3.56. The van der Waals surface area contributed by atoms with E-state index in [9.17, 15) is 13.6 Å². The molecule has 3 aromatic heterocycles. The first-order valence-corrected chi connectivity index (χ1v) is 11.7. The van der Waals surface area contributed by atoms with E-state index in [0.29, 0.717) is 23.8 Å². The van der Waals surface area contributed by atoms with Gasteiger partial charge in [0.15, 0.2) is 12.3 Å². The highest BCUT2D eigenvalue weighted by molar-refractivity contribution is 5.90. The van der Waals surface area contributed by atoms with E-state index in [0.717, 1.165) is 22.2 Å². The van der Waals surface area contributed by atoms with E-state index in [1.54, 1.807) is 15.6 Å². The molecule has 1 saturated heterocycles. The molecule has 0 radical (unpaired) electrons. The van der Waals surface area contributed by atoms with E-state index in [1.807, 2.05) is 52.0 Å². The van der Waals surface area contributed by atoms with Gasteiger partial charge in [0.25, 0.3) is 11.7 Å². The number of fused-ring (bicyclic) bond motifs is 1. The van der Waals surface area contributed by atoms with E-state index in [2.05, 4.69) is 25.5 Å². The molecule has 1 aliphatic rings. The number of anilines is 1. The van der Waals surface area contributed by atoms with Crippen molar-refractivity contribution in [2.75, 3.05) is 18.0 Å². The Hall–Kier alpha value is -3.89. The molecule has 0 spiro atoms. The molecule has 0 aliphatic carbocycles. The highest BCUT2D eigenvalue weighted by Gasteiger charge is 2.33. The Balaban J connectivity index is 1.33. The van der Waals surface area contributed by atoms with Gasteiger partial charge < -0.3 is 14.7 Å². The van der Waals surface area contributed by atoms with Crippen molar-refractivity contribution in [2.45, 2.75) is 52.0 Å². The van der Waals surface area contributed by atoms with Crippen molar-refractivity contribution in [1.82, 2.24) is 30.1 Å². The topological polar surface area (TPSA) is 101 Å². The summed E-state index contributed by atoms with van der Waals surface area (Å²) in [5.41, 5.74) is 4.53. The van der Waals surface area contributed by atoms with Crippen LogP contribution in [-0.2, 0) is 12.0 Å². The van der Waals surface area contributed by atoms with Crippen molar-refractivity contribution < 1.29 is 18.1 Å². The maximum atomic E-state index is 13.7. The van der Waals surface area contributed by atoms with Gasteiger partial charge in [0.1, 0.15) is 6.33 Å². The molecule has 36 heavy (non-hydrogen) atoms. The summed E-state index contributed by atoms with van der Waals surface area (Å²) in [7, 11) is 0. The average molecular weight is 496 g/mol. The molecule has 0 bridgehead atoms. The predicted molar refractivity (Wildman–Crippen MR) is 129 cm³/mol. The molecular formula is C25H27F2N7O2. The third kappa shape index (κ3) is 4.52. The third-order valence-corrected chi connectivity index (χ3v) is 6.26. The molecule has 1 fully saturated rings. The Kier molecular flexibility index (Phi) is 5.93. The first-order chi connectivity index (χ1) is 17.1. The SMILES string of the molecule is Cc1cc(-c2ncnn3cc(N4C[C@@H](F)[C@@H](F)C4)cc23)ccc1CNC(=O)c1noc(C(C)(C)C)n1. The number of aromatic nitrogens is 5. The van der Waals surface area contributed by atoms with Crippen LogP contribution in [0, 0.1) is 6.92 Å². The van der Waals surface area contributed by atoms with Crippen LogP contribution >= 0.6 is 0 Å². The van der Waals surface area contributed by atoms with Crippen molar-refractivity contribution in [3.63, 3.8) is 0 Å². The zero-order chi connectivity index (χ0) is 25.6. The second kappa shape index (κ2) is 8.96. The number of carbonyl (C=O) groups excluding carboxylic acids is 1. The van der Waals surface area contributed by atoms with Gasteiger partial charge in [0, 0.05) is 17.5 Å². The fourth-order valence-corrected chi connectivity index (χ4v) is 4.16. The summed E-state index contributed by atoms with van der Waals surface area (Å²) in [6, 6.07) is 7.67. The van der Waals surface area contributed by atoms with Crippen LogP contribution in [-0.4, -0.2) is 56.1 Å². The number of rotatable bonds is 5. The molecule has 4 aromatic rings. The largest absolute Gasteiger partial charge is 0.364 e. The highest BCUT2D eigenvalue weighted by atomic mass is 19.2. The number of amides is 1. The van der Waals surface area contributed by atoms with Gasteiger partial charge in [-0.25, -0.2) is 18.3 Å². The van der Waals surface area contributed by atoms with Gasteiger partial charge in [-0.1, -0.05) is 38.1 Å². The van der Waals surface area contributed by atoms with Gasteiger partial charge in [-0.2, -0.15) is 10.1 Å². The Morgan fingerprint density at radius 2 is 1.94 bits per heavy atom. The molecule has 0 saturated carbocycles. The molecule has 9 nitrogen and oxygen atoms in total. The second-order valence-electron chi connectivity index (χ2n) is 10.1. The number of benzene rings is 1. The fourth-order valence-electron chi connectivity index (χ4n) is 4.16. The summed E-state index contributed by atoms with van der Waals surface area (Å²) < 4.78 is 34.3. The Labute approximate surface area is 206 Å². The van der Waals surface area contributed by atoms with Crippen molar-refractivity contribution >= 4 is 17.1 Å². The van der Waals surface area contributed by atoms with Gasteiger partial charge in [-0.15, -0.1) is 0 Å². The Morgan fingerprint density at radius 3 is 2.61 bits per heavy atom. The van der Waals surface area contributed by atoms with Gasteiger partial charge >= 0.3 is 0 Å². The Bertz CT molecular complexity index is 1420. The zero-order valence-electron chi connectivity index (χ0n) is 20.5. The van der Waals surface area contributed by atoms with Crippen LogP contribution in [0.4, 0.5) is 14.5 Å². The third-order valence-electron chi connectivity index (χ3n) is 6.26. The first-order valence-electron chi connectivity index (χ1n) is 11.7. The van der Waals surface area contributed by atoms with Gasteiger partial charge in [0.05, 0.1) is 36.2 Å². The second-order valence-corrected chi connectivity index (χ2v) is 10.1. The van der Waals surface area contributed by atoms with Crippen molar-refractivity contribution in [2.24, 2.45) is 0 Å². The highest BCUT2D eigenvalue weighted by Crippen LogP contribution is 2.30. The summed E-state index contributed by atoms with van der Waals surface area (Å²) >= 11 is 0. The molecule has 5 rings (SSSR count). The molecule has 188 valence electrons. The maximum absolute atomic E-state index is 13.7. The molecule has 0 unspecified atom stereocenters. The van der Waals surface area contributed by atoms with E-state index in [4.69, 9.17) is 4.52 Å². The van der Waals surface area contributed by atoms with Gasteiger partial charge in [-0.3, -0.25) is 4.79 Å². The lowest BCUT2D eigenvalue weighted by Crippen LogP contribution is -2.24. The lowest BCUT2D eigenvalue weighted by Gasteiger charge is -2.13. The zero-order valence-corrected chi connectivity index (χ0v) is 20.5. The molecule has 1 N–H and O–H groups in total. The van der Waals surface area contributed by atoms with Crippen molar-refractivity contribution in [3.05, 3.63) is 59.6 Å². The number of nitrogens with zero attached hydrogens (tertiary/aromatic N) is 6. The van der Waals surface area contributed by atoms with Gasteiger partial charge in [-0.05, 0) is 30.2 Å². The summed E-state index contributed by atoms with van der Waals surface area (Å²) in [6.07, 6.45) is 0.224. The quantitative estimate of drug-likeness (QED) is 0.449. The van der Waals surface area contributed by atoms with Crippen LogP contribution in [0.25, 0.3) is 16.8 Å². The number of aryl methyl sites for hydroxylation is 1. The first kappa shape index (κ1) is 23.8. The number of hydrogen-bond donors (Lipinski definition) is 1. The summed E-state index contributed by atoms with van der Waals surface area (Å²) in [6.45, 7) is 8.06. The van der Waals surface area contributed by atoms with Crippen molar-refractivity contribution in [1.29, 1.82) is 0 Å². The predicted octanol–water partition coefficient (Wildman–Crippen LogP) is 3.81. The number of hydrogen-bond acceptors (Lipinski definition) is 7. The number of alkyl halides is 2. The summed E-state index contributed by atoms with van der Waals surface area (Å²) in [5.74, 6) is -0.0154.